The highest BCUT2D eigenvalue weighted by atomic mass is 32.1. The number of hydrogen-bond donors (Lipinski definition) is 1. The van der Waals surface area contributed by atoms with Crippen molar-refractivity contribution in [1.82, 2.24) is 9.69 Å². The summed E-state index contributed by atoms with van der Waals surface area (Å²) in [6.07, 6.45) is 1.05. The van der Waals surface area contributed by atoms with Crippen LogP contribution in [0.4, 0.5) is 0 Å². The maximum Gasteiger partial charge on any atom is 0.263 e. The Bertz CT molecular complexity index is 397. The number of ether oxygens (including phenoxy) is 1. The fourth-order valence-electron chi connectivity index (χ4n) is 1.13. The van der Waals surface area contributed by atoms with Gasteiger partial charge in [0.25, 0.3) is 5.91 Å². The summed E-state index contributed by atoms with van der Waals surface area (Å²) < 4.78 is 8.82. The van der Waals surface area contributed by atoms with Gasteiger partial charge in [-0.05, 0) is 18.0 Å². The molecule has 0 aromatic carbocycles. The second-order valence-corrected chi connectivity index (χ2v) is 3.98. The lowest BCUT2D eigenvalue weighted by Crippen LogP contribution is -2.33. The normalized spacial score (nSPS) is 11.6. The van der Waals surface area contributed by atoms with Crippen LogP contribution in [0.2, 0.25) is 0 Å². The van der Waals surface area contributed by atoms with Gasteiger partial charge in [0.15, 0.2) is 0 Å². The summed E-state index contributed by atoms with van der Waals surface area (Å²) in [5.74, 6) is 0.228. The first-order valence-electron chi connectivity index (χ1n) is 4.89. The van der Waals surface area contributed by atoms with Gasteiger partial charge in [0, 0.05) is 12.1 Å². The van der Waals surface area contributed by atoms with Gasteiger partial charge >= 0.3 is 0 Å². The Kier molecular flexibility index (Phi) is 4.73. The Morgan fingerprint density at radius 1 is 1.81 bits per heavy atom. The molecule has 0 saturated carbocycles. The lowest BCUT2D eigenvalue weighted by Gasteiger charge is -2.11. The van der Waals surface area contributed by atoms with E-state index in [2.05, 4.69) is 9.69 Å². The summed E-state index contributed by atoms with van der Waals surface area (Å²) >= 11 is 1.08. The molecule has 0 spiro atoms. The number of aromatic nitrogens is 1. The Morgan fingerprint density at radius 2 is 2.56 bits per heavy atom. The standard InChI is InChI=1S/C10H13N3O2S/c1-3-7(4-5-11)12-10(14)8-6-9(15-2)13-16-8/h6-7H,3-4H2,1-2H3,(H,12,14). The molecule has 1 unspecified atom stereocenters. The number of rotatable bonds is 5. The fraction of sp³-hybridized carbons (Fsp3) is 0.500. The first-order chi connectivity index (χ1) is 7.71. The van der Waals surface area contributed by atoms with Crippen molar-refractivity contribution in [2.45, 2.75) is 25.8 Å². The van der Waals surface area contributed by atoms with E-state index in [0.717, 1.165) is 18.0 Å². The zero-order valence-electron chi connectivity index (χ0n) is 9.19. The molecule has 0 aliphatic rings. The van der Waals surface area contributed by atoms with Gasteiger partial charge in [-0.2, -0.15) is 9.64 Å². The molecule has 1 heterocycles. The molecule has 5 nitrogen and oxygen atoms in total. The number of methoxy groups -OCH3 is 1. The predicted molar refractivity (Wildman–Crippen MR) is 60.4 cm³/mol. The highest BCUT2D eigenvalue weighted by molar-refractivity contribution is 7.08. The maximum absolute atomic E-state index is 11.7. The number of hydrogen-bond acceptors (Lipinski definition) is 5. The van der Waals surface area contributed by atoms with Crippen LogP contribution in [0.5, 0.6) is 5.88 Å². The van der Waals surface area contributed by atoms with Crippen molar-refractivity contribution in [3.8, 4) is 11.9 Å². The number of nitrogens with zero attached hydrogens (tertiary/aromatic N) is 2. The van der Waals surface area contributed by atoms with E-state index in [1.54, 1.807) is 6.07 Å². The molecule has 16 heavy (non-hydrogen) atoms. The van der Waals surface area contributed by atoms with E-state index < -0.39 is 0 Å². The molecule has 0 saturated heterocycles. The monoisotopic (exact) mass is 239 g/mol. The zero-order valence-corrected chi connectivity index (χ0v) is 10.0. The van der Waals surface area contributed by atoms with Crippen LogP contribution in [-0.4, -0.2) is 23.4 Å². The molecule has 0 radical (unpaired) electrons. The van der Waals surface area contributed by atoms with Crippen LogP contribution < -0.4 is 10.1 Å². The summed E-state index contributed by atoms with van der Waals surface area (Å²) in [7, 11) is 1.50. The van der Waals surface area contributed by atoms with E-state index in [9.17, 15) is 4.79 Å². The Labute approximate surface area is 98.2 Å². The molecule has 0 bridgehead atoms. The Morgan fingerprint density at radius 3 is 3.06 bits per heavy atom. The number of nitrogens with one attached hydrogen (secondary N) is 1. The molecular formula is C10H13N3O2S. The number of carbonyl (C=O) groups is 1. The van der Waals surface area contributed by atoms with Gasteiger partial charge in [-0.25, -0.2) is 0 Å². The van der Waals surface area contributed by atoms with Gasteiger partial charge in [0.05, 0.1) is 19.6 Å². The lowest BCUT2D eigenvalue weighted by molar-refractivity contribution is 0.0940. The molecule has 1 amide bonds. The van der Waals surface area contributed by atoms with Crippen LogP contribution >= 0.6 is 11.5 Å². The van der Waals surface area contributed by atoms with Gasteiger partial charge < -0.3 is 10.1 Å². The largest absolute Gasteiger partial charge is 0.480 e. The minimum Gasteiger partial charge on any atom is -0.480 e. The van der Waals surface area contributed by atoms with E-state index in [0.29, 0.717) is 17.2 Å². The molecule has 1 N–H and O–H groups in total. The first-order valence-corrected chi connectivity index (χ1v) is 5.67. The molecule has 0 fully saturated rings. The summed E-state index contributed by atoms with van der Waals surface area (Å²) in [5.41, 5.74) is 0. The van der Waals surface area contributed by atoms with Crippen molar-refractivity contribution in [2.24, 2.45) is 0 Å². The van der Waals surface area contributed by atoms with Crippen LogP contribution in [0.3, 0.4) is 0 Å². The van der Waals surface area contributed by atoms with Gasteiger partial charge in [0.2, 0.25) is 5.88 Å². The van der Waals surface area contributed by atoms with Crippen LogP contribution in [0, 0.1) is 11.3 Å². The average molecular weight is 239 g/mol. The van der Waals surface area contributed by atoms with Crippen molar-refractivity contribution >= 4 is 17.4 Å². The highest BCUT2D eigenvalue weighted by Gasteiger charge is 2.14. The second kappa shape index (κ2) is 6.08. The van der Waals surface area contributed by atoms with E-state index in [1.165, 1.54) is 7.11 Å². The SMILES string of the molecule is CCC(CC#N)NC(=O)c1cc(OC)ns1. The molecule has 1 rings (SSSR count). The van der Waals surface area contributed by atoms with Crippen molar-refractivity contribution in [3.63, 3.8) is 0 Å². The highest BCUT2D eigenvalue weighted by Crippen LogP contribution is 2.16. The lowest BCUT2D eigenvalue weighted by atomic mass is 10.1. The van der Waals surface area contributed by atoms with Crippen molar-refractivity contribution in [1.29, 1.82) is 5.26 Å². The van der Waals surface area contributed by atoms with E-state index >= 15 is 0 Å². The molecule has 0 aliphatic heterocycles. The minimum atomic E-state index is -0.206. The third-order valence-corrected chi connectivity index (χ3v) is 2.86. The summed E-state index contributed by atoms with van der Waals surface area (Å²) in [4.78, 5) is 12.2. The van der Waals surface area contributed by atoms with Crippen molar-refractivity contribution in [2.75, 3.05) is 7.11 Å². The van der Waals surface area contributed by atoms with E-state index in [1.807, 2.05) is 13.0 Å². The summed E-state index contributed by atoms with van der Waals surface area (Å²) in [5, 5.41) is 11.3. The minimum absolute atomic E-state index is 0.106. The number of nitriles is 1. The zero-order chi connectivity index (χ0) is 12.0. The van der Waals surface area contributed by atoms with E-state index in [4.69, 9.17) is 10.00 Å². The Balaban J connectivity index is 2.61. The van der Waals surface area contributed by atoms with Crippen LogP contribution in [0.25, 0.3) is 0 Å². The summed E-state index contributed by atoms with van der Waals surface area (Å²) in [6, 6.07) is 3.52. The van der Waals surface area contributed by atoms with Crippen LogP contribution in [0.15, 0.2) is 6.07 Å². The third kappa shape index (κ3) is 3.21. The van der Waals surface area contributed by atoms with Crippen LogP contribution in [0.1, 0.15) is 29.4 Å². The maximum atomic E-state index is 11.7. The van der Waals surface area contributed by atoms with E-state index in [-0.39, 0.29) is 11.9 Å². The second-order valence-electron chi connectivity index (χ2n) is 3.17. The molecule has 1 atom stereocenters. The van der Waals surface area contributed by atoms with Gasteiger partial charge in [-0.15, -0.1) is 0 Å². The molecular weight excluding hydrogens is 226 g/mol. The van der Waals surface area contributed by atoms with Gasteiger partial charge in [-0.1, -0.05) is 6.92 Å². The van der Waals surface area contributed by atoms with Gasteiger partial charge in [-0.3, -0.25) is 4.79 Å². The molecule has 0 aliphatic carbocycles. The Hall–Kier alpha value is -1.61. The average Bonchev–Trinajstić information content (AvgIpc) is 2.76. The topological polar surface area (TPSA) is 75.0 Å². The first kappa shape index (κ1) is 12.5. The molecule has 1 aromatic rings. The number of amides is 1. The van der Waals surface area contributed by atoms with Crippen molar-refractivity contribution in [3.05, 3.63) is 10.9 Å². The van der Waals surface area contributed by atoms with Crippen LogP contribution in [-0.2, 0) is 0 Å². The molecule has 86 valence electrons. The van der Waals surface area contributed by atoms with Gasteiger partial charge in [0.1, 0.15) is 4.88 Å². The smallest absolute Gasteiger partial charge is 0.263 e. The summed E-state index contributed by atoms with van der Waals surface area (Å²) in [6.45, 7) is 1.93. The number of carbonyl (C=O) groups excluding carboxylic acids is 1. The predicted octanol–water partition coefficient (Wildman–Crippen LogP) is 1.57. The molecule has 6 heteroatoms. The fourth-order valence-corrected chi connectivity index (χ4v) is 1.74. The molecule has 1 aromatic heterocycles. The van der Waals surface area contributed by atoms with Crippen molar-refractivity contribution < 1.29 is 9.53 Å². The quantitative estimate of drug-likeness (QED) is 0.846. The third-order valence-electron chi connectivity index (χ3n) is 2.09.